The molecule has 2 aromatic heterocycles. The first-order valence-corrected chi connectivity index (χ1v) is 10.3. The summed E-state index contributed by atoms with van der Waals surface area (Å²) in [4.78, 5) is 35.6. The standard InChI is InChI=1S/C14H19N7O7S/c1-29(26,27)2-5(15)12(23)20-6-8(22)13(28-9(6)14(24)25)21-4-19-7-10(16)17-3-18-11(7)21/h3-6,8-9,13,22H,2,15H2,1H3,(H,20,23)(H,24,25)(H2,16,17,18)/t5-,6+,8-,9+,13-/m1/s1. The summed E-state index contributed by atoms with van der Waals surface area (Å²) in [7, 11) is -3.55. The number of nitrogens with zero attached hydrogens (tertiary/aromatic N) is 4. The maximum Gasteiger partial charge on any atom is 0.335 e. The van der Waals surface area contributed by atoms with E-state index < -0.39 is 58.0 Å². The lowest BCUT2D eigenvalue weighted by Crippen LogP contribution is -2.55. The van der Waals surface area contributed by atoms with Crippen molar-refractivity contribution in [2.45, 2.75) is 30.5 Å². The summed E-state index contributed by atoms with van der Waals surface area (Å²) < 4.78 is 29.3. The molecule has 0 unspecified atom stereocenters. The number of sulfone groups is 1. The zero-order valence-corrected chi connectivity index (χ0v) is 15.9. The summed E-state index contributed by atoms with van der Waals surface area (Å²) >= 11 is 0. The highest BCUT2D eigenvalue weighted by Gasteiger charge is 2.49. The number of nitrogens with two attached hydrogens (primary N) is 2. The Morgan fingerprint density at radius 2 is 2.07 bits per heavy atom. The fourth-order valence-corrected chi connectivity index (χ4v) is 3.81. The third-order valence-corrected chi connectivity index (χ3v) is 5.27. The van der Waals surface area contributed by atoms with Crippen LogP contribution in [0.5, 0.6) is 0 Å². The van der Waals surface area contributed by atoms with E-state index >= 15 is 0 Å². The molecule has 1 saturated heterocycles. The minimum absolute atomic E-state index is 0.0765. The van der Waals surface area contributed by atoms with E-state index in [0.29, 0.717) is 0 Å². The van der Waals surface area contributed by atoms with Crippen molar-refractivity contribution >= 4 is 38.7 Å². The van der Waals surface area contributed by atoms with Crippen LogP contribution in [0, 0.1) is 0 Å². The molecule has 0 spiro atoms. The Kier molecular flexibility index (Phi) is 5.40. The van der Waals surface area contributed by atoms with Gasteiger partial charge in [0, 0.05) is 6.26 Å². The molecule has 0 saturated carbocycles. The number of carbonyl (C=O) groups is 2. The predicted molar refractivity (Wildman–Crippen MR) is 96.9 cm³/mol. The summed E-state index contributed by atoms with van der Waals surface area (Å²) in [6.07, 6.45) is -1.15. The average Bonchev–Trinajstić information content (AvgIpc) is 3.16. The quantitative estimate of drug-likeness (QED) is 0.303. The van der Waals surface area contributed by atoms with Crippen LogP contribution in [0.1, 0.15) is 6.23 Å². The van der Waals surface area contributed by atoms with Gasteiger partial charge in [-0.25, -0.2) is 28.2 Å². The number of nitrogens with one attached hydrogen (secondary N) is 1. The monoisotopic (exact) mass is 429 g/mol. The number of ether oxygens (including phenoxy) is 1. The number of carboxylic acid groups (broad SMARTS) is 1. The molecule has 1 fully saturated rings. The van der Waals surface area contributed by atoms with E-state index in [-0.39, 0.29) is 17.0 Å². The van der Waals surface area contributed by atoms with Crippen LogP contribution in [-0.2, 0) is 24.2 Å². The second kappa shape index (κ2) is 7.51. The van der Waals surface area contributed by atoms with Crippen molar-refractivity contribution in [1.29, 1.82) is 0 Å². The Morgan fingerprint density at radius 3 is 2.69 bits per heavy atom. The smallest absolute Gasteiger partial charge is 0.335 e. The number of aliphatic hydroxyl groups excluding tert-OH is 1. The molecular formula is C14H19N7O7S. The molecule has 3 heterocycles. The lowest BCUT2D eigenvalue weighted by molar-refractivity contribution is -0.152. The van der Waals surface area contributed by atoms with E-state index in [1.54, 1.807) is 0 Å². The average molecular weight is 429 g/mol. The fourth-order valence-electron chi connectivity index (χ4n) is 3.00. The highest BCUT2D eigenvalue weighted by Crippen LogP contribution is 2.32. The molecule has 29 heavy (non-hydrogen) atoms. The number of anilines is 1. The summed E-state index contributed by atoms with van der Waals surface area (Å²) in [6.45, 7) is 0. The molecular weight excluding hydrogens is 410 g/mol. The van der Waals surface area contributed by atoms with Gasteiger partial charge in [0.05, 0.1) is 24.2 Å². The van der Waals surface area contributed by atoms with Gasteiger partial charge in [0.25, 0.3) is 0 Å². The molecule has 1 amide bonds. The maximum absolute atomic E-state index is 12.2. The minimum Gasteiger partial charge on any atom is -0.479 e. The number of carboxylic acids is 1. The van der Waals surface area contributed by atoms with Crippen LogP contribution in [0.25, 0.3) is 11.2 Å². The number of rotatable bonds is 6. The zero-order valence-electron chi connectivity index (χ0n) is 15.0. The van der Waals surface area contributed by atoms with Gasteiger partial charge in [-0.05, 0) is 0 Å². The molecule has 158 valence electrons. The fraction of sp³-hybridized carbons (Fsp3) is 0.500. The number of hydrogen-bond acceptors (Lipinski definition) is 11. The molecule has 15 heteroatoms. The molecule has 5 atom stereocenters. The number of hydrogen-bond donors (Lipinski definition) is 5. The van der Waals surface area contributed by atoms with Crippen molar-refractivity contribution in [2.75, 3.05) is 17.7 Å². The van der Waals surface area contributed by atoms with Crippen molar-refractivity contribution in [2.24, 2.45) is 5.73 Å². The number of nitrogen functional groups attached to an aromatic ring is 1. The van der Waals surface area contributed by atoms with Gasteiger partial charge >= 0.3 is 5.97 Å². The van der Waals surface area contributed by atoms with E-state index in [4.69, 9.17) is 16.2 Å². The van der Waals surface area contributed by atoms with E-state index in [2.05, 4.69) is 20.3 Å². The van der Waals surface area contributed by atoms with Gasteiger partial charge in [0.15, 0.2) is 23.8 Å². The molecule has 3 rings (SSSR count). The van der Waals surface area contributed by atoms with Crippen LogP contribution in [0.4, 0.5) is 5.82 Å². The van der Waals surface area contributed by atoms with Crippen LogP contribution in [0.3, 0.4) is 0 Å². The van der Waals surface area contributed by atoms with E-state index in [1.165, 1.54) is 10.9 Å². The normalized spacial score (nSPS) is 25.8. The minimum atomic E-state index is -3.55. The summed E-state index contributed by atoms with van der Waals surface area (Å²) in [5, 5.41) is 22.3. The predicted octanol–water partition coefficient (Wildman–Crippen LogP) is -3.39. The van der Waals surface area contributed by atoms with Crippen LogP contribution in [0.2, 0.25) is 0 Å². The number of fused-ring (bicyclic) bond motifs is 1. The molecule has 1 aliphatic heterocycles. The Hall–Kier alpha value is -2.88. The second-order valence-corrected chi connectivity index (χ2v) is 8.78. The molecule has 14 nitrogen and oxygen atoms in total. The molecule has 0 bridgehead atoms. The van der Waals surface area contributed by atoms with Crippen molar-refractivity contribution in [3.05, 3.63) is 12.7 Å². The van der Waals surface area contributed by atoms with Crippen LogP contribution in [0.15, 0.2) is 12.7 Å². The topological polar surface area (TPSA) is 226 Å². The van der Waals surface area contributed by atoms with Crippen LogP contribution in [-0.4, -0.2) is 86.3 Å². The summed E-state index contributed by atoms with van der Waals surface area (Å²) in [6, 6.07) is -2.86. The summed E-state index contributed by atoms with van der Waals surface area (Å²) in [5.74, 6) is -2.97. The van der Waals surface area contributed by atoms with Gasteiger partial charge in [-0.2, -0.15) is 0 Å². The molecule has 0 radical (unpaired) electrons. The SMILES string of the molecule is CS(=O)(=O)C[C@@H](N)C(=O)N[C@H]1[C@@H](O)[C@H](n2cnc3c(N)ncnc32)O[C@@H]1C(=O)O. The number of aliphatic carboxylic acids is 1. The lowest BCUT2D eigenvalue weighted by Gasteiger charge is -2.21. The largest absolute Gasteiger partial charge is 0.479 e. The van der Waals surface area contributed by atoms with Gasteiger partial charge < -0.3 is 31.7 Å². The third-order valence-electron chi connectivity index (χ3n) is 4.30. The van der Waals surface area contributed by atoms with Gasteiger partial charge in [0.2, 0.25) is 5.91 Å². The molecule has 2 aromatic rings. The Morgan fingerprint density at radius 1 is 1.38 bits per heavy atom. The molecule has 1 aliphatic rings. The first-order valence-electron chi connectivity index (χ1n) is 8.22. The van der Waals surface area contributed by atoms with Gasteiger partial charge in [0.1, 0.15) is 27.8 Å². The number of aliphatic hydroxyl groups is 1. The highest BCUT2D eigenvalue weighted by atomic mass is 32.2. The maximum atomic E-state index is 12.2. The molecule has 7 N–H and O–H groups in total. The first-order chi connectivity index (χ1) is 13.5. The summed E-state index contributed by atoms with van der Waals surface area (Å²) in [5.41, 5.74) is 11.7. The van der Waals surface area contributed by atoms with Gasteiger partial charge in [-0.15, -0.1) is 0 Å². The van der Waals surface area contributed by atoms with Crippen LogP contribution >= 0.6 is 0 Å². The van der Waals surface area contributed by atoms with Crippen molar-refractivity contribution < 1.29 is 33.0 Å². The molecule has 0 aromatic carbocycles. The first kappa shape index (κ1) is 20.8. The third kappa shape index (κ3) is 4.12. The Bertz CT molecular complexity index is 1060. The number of carbonyl (C=O) groups excluding carboxylic acids is 1. The highest BCUT2D eigenvalue weighted by molar-refractivity contribution is 7.90. The Labute approximate surface area is 163 Å². The van der Waals surface area contributed by atoms with Crippen molar-refractivity contribution in [1.82, 2.24) is 24.8 Å². The van der Waals surface area contributed by atoms with Crippen LogP contribution < -0.4 is 16.8 Å². The zero-order chi connectivity index (χ0) is 21.5. The lowest BCUT2D eigenvalue weighted by atomic mass is 10.1. The molecule has 0 aliphatic carbocycles. The van der Waals surface area contributed by atoms with Gasteiger partial charge in [-0.3, -0.25) is 9.36 Å². The van der Waals surface area contributed by atoms with E-state index in [0.717, 1.165) is 12.6 Å². The van der Waals surface area contributed by atoms with Crippen molar-refractivity contribution in [3.63, 3.8) is 0 Å². The number of amides is 1. The van der Waals surface area contributed by atoms with Crippen molar-refractivity contribution in [3.8, 4) is 0 Å². The second-order valence-electron chi connectivity index (χ2n) is 6.59. The Balaban J connectivity index is 1.87. The van der Waals surface area contributed by atoms with Gasteiger partial charge in [-0.1, -0.05) is 0 Å². The van der Waals surface area contributed by atoms with E-state index in [9.17, 15) is 28.2 Å². The number of imidazole rings is 1. The number of aromatic nitrogens is 4. The van der Waals surface area contributed by atoms with E-state index in [1.807, 2.05) is 0 Å².